The monoisotopic (exact) mass is 263 g/mol. The number of carbonyl (C=O) groups is 1. The Balaban J connectivity index is 2.68. The molecule has 0 bridgehead atoms. The van der Waals surface area contributed by atoms with Crippen LogP contribution in [0, 0.1) is 13.8 Å². The fraction of sp³-hybridized carbons (Fsp3) is 0.583. The van der Waals surface area contributed by atoms with Gasteiger partial charge in [-0.15, -0.1) is 0 Å². The molecule has 18 heavy (non-hydrogen) atoms. The first-order valence-corrected chi connectivity index (χ1v) is 5.60. The van der Waals surface area contributed by atoms with Crippen molar-refractivity contribution in [2.45, 2.75) is 33.5 Å². The van der Waals surface area contributed by atoms with E-state index in [1.165, 1.54) is 0 Å². The lowest BCUT2D eigenvalue weighted by atomic mass is 10.1. The van der Waals surface area contributed by atoms with E-state index >= 15 is 0 Å². The Morgan fingerprint density at radius 1 is 1.39 bits per heavy atom. The van der Waals surface area contributed by atoms with E-state index in [4.69, 9.17) is 0 Å². The third kappa shape index (κ3) is 3.60. The summed E-state index contributed by atoms with van der Waals surface area (Å²) < 4.78 is 41.9. The third-order valence-corrected chi connectivity index (χ3v) is 2.69. The molecule has 3 nitrogen and oxygen atoms in total. The fourth-order valence-corrected chi connectivity index (χ4v) is 1.91. The molecule has 1 aromatic rings. The Bertz CT molecular complexity index is 435. The minimum absolute atomic E-state index is 0.424. The molecule has 0 aliphatic heterocycles. The van der Waals surface area contributed by atoms with Gasteiger partial charge in [-0.25, -0.2) is 0 Å². The van der Waals surface area contributed by atoms with Gasteiger partial charge in [-0.3, -0.25) is 4.79 Å². The second kappa shape index (κ2) is 5.56. The molecule has 0 radical (unpaired) electrons. The van der Waals surface area contributed by atoms with Crippen molar-refractivity contribution in [2.24, 2.45) is 0 Å². The molecule has 102 valence electrons. The molecule has 0 saturated heterocycles. The van der Waals surface area contributed by atoms with Crippen molar-refractivity contribution in [3.8, 4) is 0 Å². The minimum atomic E-state index is -4.40. The van der Waals surface area contributed by atoms with Gasteiger partial charge in [0.25, 0.3) is 0 Å². The summed E-state index contributed by atoms with van der Waals surface area (Å²) >= 11 is 0. The van der Waals surface area contributed by atoms with Crippen molar-refractivity contribution in [3.05, 3.63) is 23.0 Å². The van der Waals surface area contributed by atoms with Crippen molar-refractivity contribution < 1.29 is 22.7 Å². The van der Waals surface area contributed by atoms with Crippen LogP contribution in [0.2, 0.25) is 0 Å². The Morgan fingerprint density at radius 2 is 2.00 bits per heavy atom. The molecule has 0 N–H and O–H groups in total. The molecule has 0 saturated carbocycles. The lowest BCUT2D eigenvalue weighted by Crippen LogP contribution is -2.20. The highest BCUT2D eigenvalue weighted by molar-refractivity contribution is 5.98. The highest BCUT2D eigenvalue weighted by atomic mass is 19.4. The number of ether oxygens (including phenoxy) is 1. The molecule has 0 atom stereocenters. The van der Waals surface area contributed by atoms with Crippen LogP contribution < -0.4 is 0 Å². The van der Waals surface area contributed by atoms with Crippen LogP contribution in [-0.2, 0) is 11.3 Å². The van der Waals surface area contributed by atoms with Gasteiger partial charge in [0.05, 0.1) is 0 Å². The van der Waals surface area contributed by atoms with Crippen LogP contribution in [0.3, 0.4) is 0 Å². The molecular weight excluding hydrogens is 247 g/mol. The molecule has 0 fully saturated rings. The van der Waals surface area contributed by atoms with Gasteiger partial charge in [0.2, 0.25) is 0 Å². The first-order valence-electron chi connectivity index (χ1n) is 5.60. The molecule has 1 rings (SSSR count). The Labute approximate surface area is 104 Å². The molecule has 6 heteroatoms. The minimum Gasteiger partial charge on any atom is -0.364 e. The maximum atomic E-state index is 11.9. The highest BCUT2D eigenvalue weighted by Gasteiger charge is 2.28. The zero-order valence-corrected chi connectivity index (χ0v) is 10.6. The third-order valence-electron chi connectivity index (χ3n) is 2.69. The van der Waals surface area contributed by atoms with Gasteiger partial charge in [-0.2, -0.15) is 13.2 Å². The van der Waals surface area contributed by atoms with Gasteiger partial charge in [0.15, 0.2) is 5.78 Å². The zero-order chi connectivity index (χ0) is 13.9. The summed E-state index contributed by atoms with van der Waals surface area (Å²) in [6, 6.07) is 1.68. The molecular formula is C12H16F3NO2. The molecule has 0 aliphatic rings. The van der Waals surface area contributed by atoms with Crippen molar-refractivity contribution in [2.75, 3.05) is 13.2 Å². The average molecular weight is 263 g/mol. The molecule has 0 spiro atoms. The number of aryl methyl sites for hydroxylation is 1. The number of hydrogen-bond donors (Lipinski definition) is 0. The van der Waals surface area contributed by atoms with Gasteiger partial charge in [-0.05, 0) is 26.8 Å². The maximum absolute atomic E-state index is 11.9. The number of nitrogens with zero attached hydrogens (tertiary/aromatic N) is 1. The van der Waals surface area contributed by atoms with Crippen LogP contribution >= 0.6 is 0 Å². The van der Waals surface area contributed by atoms with Gasteiger partial charge in [-0.1, -0.05) is 0 Å². The second-order valence-electron chi connectivity index (χ2n) is 4.06. The number of hydrogen-bond acceptors (Lipinski definition) is 2. The topological polar surface area (TPSA) is 31.2 Å². The lowest BCUT2D eigenvalue weighted by molar-refractivity contribution is -0.170. The Morgan fingerprint density at radius 3 is 2.44 bits per heavy atom. The maximum Gasteiger partial charge on any atom is 0.411 e. The quantitative estimate of drug-likeness (QED) is 0.765. The molecule has 1 aromatic heterocycles. The van der Waals surface area contributed by atoms with Crippen LogP contribution in [0.1, 0.15) is 28.7 Å². The van der Waals surface area contributed by atoms with Crippen molar-refractivity contribution in [3.63, 3.8) is 0 Å². The van der Waals surface area contributed by atoms with E-state index in [0.29, 0.717) is 12.1 Å². The van der Waals surface area contributed by atoms with E-state index in [2.05, 4.69) is 4.74 Å². The molecule has 0 unspecified atom stereocenters. The van der Waals surface area contributed by atoms with Gasteiger partial charge in [0.1, 0.15) is 13.2 Å². The smallest absolute Gasteiger partial charge is 0.364 e. The number of aromatic nitrogens is 1. The SMILES string of the molecule is CCn1c(C)cc(C(=O)COCC(F)(F)F)c1C. The number of halogens is 3. The summed E-state index contributed by atoms with van der Waals surface area (Å²) in [7, 11) is 0. The predicted octanol–water partition coefficient (Wildman–Crippen LogP) is 2.89. The van der Waals surface area contributed by atoms with Crippen molar-refractivity contribution in [1.29, 1.82) is 0 Å². The van der Waals surface area contributed by atoms with E-state index in [1.807, 2.05) is 18.4 Å². The standard InChI is InChI=1S/C12H16F3NO2/c1-4-16-8(2)5-10(9(16)3)11(17)6-18-7-12(13,14)15/h5H,4,6-7H2,1-3H3. The Hall–Kier alpha value is -1.30. The van der Waals surface area contributed by atoms with E-state index in [0.717, 1.165) is 11.4 Å². The van der Waals surface area contributed by atoms with Crippen LogP contribution in [0.15, 0.2) is 6.07 Å². The second-order valence-corrected chi connectivity index (χ2v) is 4.06. The van der Waals surface area contributed by atoms with Gasteiger partial charge < -0.3 is 9.30 Å². The first kappa shape index (κ1) is 14.8. The number of carbonyl (C=O) groups excluding carboxylic acids is 1. The zero-order valence-electron chi connectivity index (χ0n) is 10.6. The van der Waals surface area contributed by atoms with Crippen LogP contribution in [0.4, 0.5) is 13.2 Å². The number of alkyl halides is 3. The number of ketones is 1. The molecule has 0 aliphatic carbocycles. The summed E-state index contributed by atoms with van der Waals surface area (Å²) in [6.07, 6.45) is -4.40. The van der Waals surface area contributed by atoms with Crippen molar-refractivity contribution in [1.82, 2.24) is 4.57 Å². The predicted molar refractivity (Wildman–Crippen MR) is 60.8 cm³/mol. The summed E-state index contributed by atoms with van der Waals surface area (Å²) in [6.45, 7) is 4.33. The summed E-state index contributed by atoms with van der Waals surface area (Å²) in [5, 5.41) is 0. The van der Waals surface area contributed by atoms with E-state index in [-0.39, 0.29) is 0 Å². The molecule has 0 aromatic carbocycles. The fourth-order valence-electron chi connectivity index (χ4n) is 1.91. The largest absolute Gasteiger partial charge is 0.411 e. The van der Waals surface area contributed by atoms with E-state index in [1.54, 1.807) is 13.0 Å². The normalized spacial score (nSPS) is 11.9. The van der Waals surface area contributed by atoms with Crippen LogP contribution in [0.5, 0.6) is 0 Å². The summed E-state index contributed by atoms with van der Waals surface area (Å²) in [5.41, 5.74) is 2.10. The van der Waals surface area contributed by atoms with E-state index in [9.17, 15) is 18.0 Å². The van der Waals surface area contributed by atoms with Gasteiger partial charge in [0, 0.05) is 23.5 Å². The Kier molecular flexibility index (Phi) is 4.56. The van der Waals surface area contributed by atoms with Crippen LogP contribution in [0.25, 0.3) is 0 Å². The first-order chi connectivity index (χ1) is 8.26. The molecule has 0 amide bonds. The van der Waals surface area contributed by atoms with Crippen LogP contribution in [-0.4, -0.2) is 29.7 Å². The van der Waals surface area contributed by atoms with Crippen molar-refractivity contribution >= 4 is 5.78 Å². The molecule has 1 heterocycles. The summed E-state index contributed by atoms with van der Waals surface area (Å²) in [4.78, 5) is 11.7. The van der Waals surface area contributed by atoms with E-state index < -0.39 is 25.2 Å². The highest BCUT2D eigenvalue weighted by Crippen LogP contribution is 2.17. The van der Waals surface area contributed by atoms with Gasteiger partial charge >= 0.3 is 6.18 Å². The summed E-state index contributed by atoms with van der Waals surface area (Å²) in [5.74, 6) is -0.424. The average Bonchev–Trinajstić information content (AvgIpc) is 2.52. The number of Topliss-reactive ketones (excluding diaryl/α,β-unsaturated/α-hetero) is 1. The number of rotatable bonds is 5. The lowest BCUT2D eigenvalue weighted by Gasteiger charge is -2.07.